The van der Waals surface area contributed by atoms with Crippen molar-refractivity contribution in [1.82, 2.24) is 0 Å². The van der Waals surface area contributed by atoms with Gasteiger partial charge in [-0.2, -0.15) is 0 Å². The van der Waals surface area contributed by atoms with Gasteiger partial charge in [0, 0.05) is 25.7 Å². The van der Waals surface area contributed by atoms with E-state index in [2.05, 4.69) is 58.9 Å². The maximum atomic E-state index is 13.0. The van der Waals surface area contributed by atoms with Gasteiger partial charge in [-0.1, -0.05) is 290 Å². The van der Waals surface area contributed by atoms with Crippen LogP contribution in [0.15, 0.2) is 24.3 Å². The summed E-state index contributed by atoms with van der Waals surface area (Å²) >= 11 is 0. The topological polar surface area (TPSA) is 237 Å². The molecule has 6 atom stereocenters. The summed E-state index contributed by atoms with van der Waals surface area (Å²) in [5.41, 5.74) is 0. The zero-order valence-electron chi connectivity index (χ0n) is 57.8. The summed E-state index contributed by atoms with van der Waals surface area (Å²) < 4.78 is 68.3. The lowest BCUT2D eigenvalue weighted by molar-refractivity contribution is -0.161. The highest BCUT2D eigenvalue weighted by molar-refractivity contribution is 7.47. The van der Waals surface area contributed by atoms with E-state index in [0.29, 0.717) is 25.7 Å². The van der Waals surface area contributed by atoms with Gasteiger partial charge in [0.05, 0.1) is 26.4 Å². The first-order valence-corrected chi connectivity index (χ1v) is 39.5. The number of phosphoric ester groups is 2. The Morgan fingerprint density at radius 1 is 0.356 bits per heavy atom. The summed E-state index contributed by atoms with van der Waals surface area (Å²) in [4.78, 5) is 72.6. The lowest BCUT2D eigenvalue weighted by Gasteiger charge is -2.21. The number of hydrogen-bond acceptors (Lipinski definition) is 15. The summed E-state index contributed by atoms with van der Waals surface area (Å²) in [7, 11) is -9.91. The standard InChI is InChI=1S/C71H134O17P2/c1-6-10-13-16-19-22-25-27-28-29-32-35-42-47-52-57-71(76)88-67(61-82-69(74)55-50-45-40-37-36-38-43-48-53-64(5)9-4)63-86-90(79,80)84-59-65(72)58-83-89(77,78)85-62-66(60-81-68(73)54-49-44-39-33-30-24-21-18-15-12-8-3)87-70(75)56-51-46-41-34-31-26-23-20-17-14-11-7-2/h22,25,27-28,64-67,72H,6-21,23-24,26,29-63H2,1-5H3,(H,77,78)(H,79,80)/b25-22-,28-27-/t64?,65-,66+,67+/m0/s1. The van der Waals surface area contributed by atoms with Crippen LogP contribution >= 0.6 is 15.6 Å². The van der Waals surface area contributed by atoms with Crippen LogP contribution in [-0.2, 0) is 65.4 Å². The molecule has 3 unspecified atom stereocenters. The third-order valence-electron chi connectivity index (χ3n) is 16.3. The molecule has 17 nitrogen and oxygen atoms in total. The molecule has 0 heterocycles. The molecule has 0 aliphatic rings. The smallest absolute Gasteiger partial charge is 0.462 e. The van der Waals surface area contributed by atoms with Gasteiger partial charge < -0.3 is 33.8 Å². The molecule has 530 valence electrons. The SMILES string of the molecule is CCCCCC/C=C\C=C/CCCCCCCC(=O)O[C@H](COC(=O)CCCCCCCCCCC(C)CC)COP(=O)(O)OC[C@@H](O)COP(=O)(O)OC[C@@H](COC(=O)CCCCCCCCCCCCC)OC(=O)CCCCCCCCCCCCCC. The van der Waals surface area contributed by atoms with Crippen molar-refractivity contribution >= 4 is 39.5 Å². The van der Waals surface area contributed by atoms with E-state index >= 15 is 0 Å². The van der Waals surface area contributed by atoms with Gasteiger partial charge in [0.2, 0.25) is 0 Å². The average Bonchev–Trinajstić information content (AvgIpc) is 3.69. The van der Waals surface area contributed by atoms with Crippen molar-refractivity contribution in [2.45, 2.75) is 361 Å². The second kappa shape index (κ2) is 63.9. The molecule has 0 amide bonds. The summed E-state index contributed by atoms with van der Waals surface area (Å²) in [5, 5.41) is 10.6. The van der Waals surface area contributed by atoms with Crippen LogP contribution in [0.1, 0.15) is 343 Å². The number of ether oxygens (including phenoxy) is 4. The molecule has 0 fully saturated rings. The number of aliphatic hydroxyl groups excluding tert-OH is 1. The van der Waals surface area contributed by atoms with Crippen LogP contribution < -0.4 is 0 Å². The van der Waals surface area contributed by atoms with E-state index in [9.17, 15) is 43.2 Å². The molecular weight excluding hydrogens is 1190 g/mol. The van der Waals surface area contributed by atoms with Crippen molar-refractivity contribution in [3.05, 3.63) is 24.3 Å². The molecule has 0 radical (unpaired) electrons. The quantitative estimate of drug-likeness (QED) is 0.0169. The van der Waals surface area contributed by atoms with E-state index in [4.69, 9.17) is 37.0 Å². The summed E-state index contributed by atoms with van der Waals surface area (Å²) in [6.45, 7) is 7.18. The molecule has 0 saturated carbocycles. The number of rotatable bonds is 69. The van der Waals surface area contributed by atoms with Gasteiger partial charge in [-0.25, -0.2) is 9.13 Å². The van der Waals surface area contributed by atoms with Crippen LogP contribution in [0.5, 0.6) is 0 Å². The van der Waals surface area contributed by atoms with Gasteiger partial charge >= 0.3 is 39.5 Å². The number of allylic oxidation sites excluding steroid dienone is 4. The molecule has 0 saturated heterocycles. The molecule has 19 heteroatoms. The zero-order valence-corrected chi connectivity index (χ0v) is 59.5. The maximum Gasteiger partial charge on any atom is 0.472 e. The Kier molecular flexibility index (Phi) is 62.2. The predicted molar refractivity (Wildman–Crippen MR) is 363 cm³/mol. The van der Waals surface area contributed by atoms with Crippen molar-refractivity contribution < 1.29 is 80.2 Å². The van der Waals surface area contributed by atoms with E-state index in [1.807, 2.05) is 0 Å². The largest absolute Gasteiger partial charge is 0.472 e. The molecular formula is C71H134O17P2. The summed E-state index contributed by atoms with van der Waals surface area (Å²) in [6.07, 6.45) is 53.3. The van der Waals surface area contributed by atoms with Crippen molar-refractivity contribution in [2.75, 3.05) is 39.6 Å². The van der Waals surface area contributed by atoms with Crippen LogP contribution in [0.25, 0.3) is 0 Å². The van der Waals surface area contributed by atoms with Crippen LogP contribution in [0, 0.1) is 5.92 Å². The van der Waals surface area contributed by atoms with Crippen molar-refractivity contribution in [3.8, 4) is 0 Å². The lowest BCUT2D eigenvalue weighted by Crippen LogP contribution is -2.30. The lowest BCUT2D eigenvalue weighted by atomic mass is 9.99. The monoisotopic (exact) mass is 1320 g/mol. The number of aliphatic hydroxyl groups is 1. The van der Waals surface area contributed by atoms with Crippen LogP contribution in [0.4, 0.5) is 0 Å². The van der Waals surface area contributed by atoms with E-state index in [1.54, 1.807) is 0 Å². The van der Waals surface area contributed by atoms with Gasteiger partial charge in [0.1, 0.15) is 19.3 Å². The van der Waals surface area contributed by atoms with Crippen molar-refractivity contribution in [3.63, 3.8) is 0 Å². The van der Waals surface area contributed by atoms with E-state index in [1.165, 1.54) is 154 Å². The van der Waals surface area contributed by atoms with Crippen molar-refractivity contribution in [2.24, 2.45) is 5.92 Å². The van der Waals surface area contributed by atoms with Gasteiger partial charge in [0.25, 0.3) is 0 Å². The molecule has 90 heavy (non-hydrogen) atoms. The van der Waals surface area contributed by atoms with Crippen LogP contribution in [-0.4, -0.2) is 96.7 Å². The minimum absolute atomic E-state index is 0.0848. The second-order valence-corrected chi connectivity index (χ2v) is 28.1. The Hall–Kier alpha value is -2.46. The summed E-state index contributed by atoms with van der Waals surface area (Å²) in [5.74, 6) is -1.38. The Bertz CT molecular complexity index is 1830. The van der Waals surface area contributed by atoms with Gasteiger partial charge in [-0.3, -0.25) is 37.3 Å². The molecule has 0 spiro atoms. The van der Waals surface area contributed by atoms with Crippen LogP contribution in [0.2, 0.25) is 0 Å². The highest BCUT2D eigenvalue weighted by atomic mass is 31.2. The highest BCUT2D eigenvalue weighted by Crippen LogP contribution is 2.45. The molecule has 0 aromatic rings. The van der Waals surface area contributed by atoms with E-state index in [0.717, 1.165) is 109 Å². The van der Waals surface area contributed by atoms with Gasteiger partial charge in [-0.05, 0) is 57.3 Å². The second-order valence-electron chi connectivity index (χ2n) is 25.2. The number of phosphoric acid groups is 2. The number of unbranched alkanes of at least 4 members (excludes halogenated alkanes) is 37. The minimum Gasteiger partial charge on any atom is -0.462 e. The number of carbonyl (C=O) groups excluding carboxylic acids is 4. The predicted octanol–water partition coefficient (Wildman–Crippen LogP) is 20.1. The maximum absolute atomic E-state index is 13.0. The normalized spacial score (nSPS) is 14.5. The van der Waals surface area contributed by atoms with Gasteiger partial charge in [-0.15, -0.1) is 0 Å². The Balaban J connectivity index is 5.30. The Morgan fingerprint density at radius 3 is 0.944 bits per heavy atom. The molecule has 0 aliphatic carbocycles. The molecule has 0 aromatic carbocycles. The fraction of sp³-hybridized carbons (Fsp3) is 0.887. The first-order chi connectivity index (χ1) is 43.6. The van der Waals surface area contributed by atoms with E-state index < -0.39 is 97.5 Å². The third-order valence-corrected chi connectivity index (χ3v) is 18.2. The molecule has 0 bridgehead atoms. The number of carbonyl (C=O) groups is 4. The molecule has 0 aliphatic heterocycles. The first kappa shape index (κ1) is 87.5. The fourth-order valence-corrected chi connectivity index (χ4v) is 11.8. The average molecular weight is 1320 g/mol. The zero-order chi connectivity index (χ0) is 66.3. The number of hydrogen-bond donors (Lipinski definition) is 3. The molecule has 0 aromatic heterocycles. The Morgan fingerprint density at radius 2 is 0.622 bits per heavy atom. The van der Waals surface area contributed by atoms with Crippen LogP contribution in [0.3, 0.4) is 0 Å². The van der Waals surface area contributed by atoms with E-state index in [-0.39, 0.29) is 25.7 Å². The van der Waals surface area contributed by atoms with Gasteiger partial charge in [0.15, 0.2) is 12.2 Å². The highest BCUT2D eigenvalue weighted by Gasteiger charge is 2.30. The fourth-order valence-electron chi connectivity index (χ4n) is 10.2. The summed E-state index contributed by atoms with van der Waals surface area (Å²) in [6, 6.07) is 0. The molecule has 3 N–H and O–H groups in total. The minimum atomic E-state index is -4.96. The third kappa shape index (κ3) is 63.0. The van der Waals surface area contributed by atoms with Crippen molar-refractivity contribution in [1.29, 1.82) is 0 Å². The Labute approximate surface area is 548 Å². The molecule has 0 rings (SSSR count). The first-order valence-electron chi connectivity index (χ1n) is 36.5. The number of esters is 4.